The van der Waals surface area contributed by atoms with E-state index in [1.807, 2.05) is 24.3 Å². The molecule has 0 unspecified atom stereocenters. The third-order valence-electron chi connectivity index (χ3n) is 4.80. The fourth-order valence-electron chi connectivity index (χ4n) is 3.29. The van der Waals surface area contributed by atoms with Gasteiger partial charge in [0.15, 0.2) is 0 Å². The fourth-order valence-corrected chi connectivity index (χ4v) is 3.29. The first-order chi connectivity index (χ1) is 14.4. The van der Waals surface area contributed by atoms with Gasteiger partial charge < -0.3 is 9.47 Å². The van der Waals surface area contributed by atoms with E-state index in [1.165, 1.54) is 18.2 Å². The van der Waals surface area contributed by atoms with Gasteiger partial charge in [-0.15, -0.1) is 0 Å². The van der Waals surface area contributed by atoms with Crippen molar-refractivity contribution in [2.24, 2.45) is 5.10 Å². The van der Waals surface area contributed by atoms with Crippen molar-refractivity contribution in [1.29, 1.82) is 0 Å². The van der Waals surface area contributed by atoms with Gasteiger partial charge in [-0.3, -0.25) is 15.1 Å². The number of nitro benzene ring substituents is 1. The minimum atomic E-state index is -0.439. The lowest BCUT2D eigenvalue weighted by Crippen LogP contribution is -2.19. The van der Waals surface area contributed by atoms with Gasteiger partial charge in [-0.25, -0.2) is 4.79 Å². The highest BCUT2D eigenvalue weighted by atomic mass is 16.6. The molecule has 30 heavy (non-hydrogen) atoms. The number of hydrazone groups is 1. The first kappa shape index (κ1) is 21.0. The van der Waals surface area contributed by atoms with Crippen LogP contribution in [0.4, 0.5) is 5.69 Å². The minimum Gasteiger partial charge on any atom is -0.497 e. The topological polar surface area (TPSA) is 94.3 Å². The summed E-state index contributed by atoms with van der Waals surface area (Å²) in [5, 5.41) is 17.5. The number of allylic oxidation sites excluding steroid dienone is 1. The Kier molecular flexibility index (Phi) is 6.46. The molecule has 2 aromatic rings. The van der Waals surface area contributed by atoms with E-state index in [9.17, 15) is 14.9 Å². The molecule has 1 aliphatic heterocycles. The van der Waals surface area contributed by atoms with E-state index in [0.717, 1.165) is 22.6 Å². The van der Waals surface area contributed by atoms with Gasteiger partial charge in [0.2, 0.25) is 0 Å². The number of rotatable bonds is 7. The molecule has 156 valence electrons. The predicted molar refractivity (Wildman–Crippen MR) is 112 cm³/mol. The number of hydrogen-bond acceptors (Lipinski definition) is 7. The molecule has 3 rings (SSSR count). The van der Waals surface area contributed by atoms with Crippen LogP contribution >= 0.6 is 0 Å². The van der Waals surface area contributed by atoms with E-state index in [2.05, 4.69) is 0 Å². The van der Waals surface area contributed by atoms with Crippen molar-refractivity contribution in [3.05, 3.63) is 81.5 Å². The maximum Gasteiger partial charge on any atom is 0.332 e. The Bertz CT molecular complexity index is 981. The van der Waals surface area contributed by atoms with Crippen LogP contribution in [0.2, 0.25) is 0 Å². The second-order valence-electron chi connectivity index (χ2n) is 6.73. The molecule has 8 nitrogen and oxygen atoms in total. The van der Waals surface area contributed by atoms with E-state index in [-0.39, 0.29) is 18.3 Å². The van der Waals surface area contributed by atoms with Gasteiger partial charge in [0, 0.05) is 30.3 Å². The standard InChI is InChI=1S/C22H23N3O5/c1-4-30-22(26)13-15(2)24-21(17-5-9-18(10-6-17)25(27)28)14-20(23-24)16-7-11-19(29-3)12-8-16/h5-13,21H,4,14H2,1-3H3/b15-13-/t21-/m0/s1. The maximum absolute atomic E-state index is 11.9. The summed E-state index contributed by atoms with van der Waals surface area (Å²) in [4.78, 5) is 22.5. The van der Waals surface area contributed by atoms with E-state index in [1.54, 1.807) is 38.1 Å². The molecule has 0 spiro atoms. The average molecular weight is 409 g/mol. The van der Waals surface area contributed by atoms with Gasteiger partial charge in [0.1, 0.15) is 5.75 Å². The smallest absolute Gasteiger partial charge is 0.332 e. The maximum atomic E-state index is 11.9. The first-order valence-electron chi connectivity index (χ1n) is 9.53. The quantitative estimate of drug-likeness (QED) is 0.294. The Morgan fingerprint density at radius 2 is 1.90 bits per heavy atom. The number of hydrogen-bond donors (Lipinski definition) is 0. The van der Waals surface area contributed by atoms with Gasteiger partial charge in [-0.2, -0.15) is 5.10 Å². The van der Waals surface area contributed by atoms with Crippen LogP contribution in [0, 0.1) is 10.1 Å². The predicted octanol–water partition coefficient (Wildman–Crippen LogP) is 4.22. The second-order valence-corrected chi connectivity index (χ2v) is 6.73. The molecule has 0 N–H and O–H groups in total. The molecule has 0 saturated heterocycles. The number of esters is 1. The molecule has 1 heterocycles. The third kappa shape index (κ3) is 4.65. The zero-order valence-corrected chi connectivity index (χ0v) is 17.1. The summed E-state index contributed by atoms with van der Waals surface area (Å²) in [5.41, 5.74) is 3.30. The molecule has 0 aromatic heterocycles. The molecule has 1 atom stereocenters. The summed E-state index contributed by atoms with van der Waals surface area (Å²) >= 11 is 0. The molecule has 0 amide bonds. The van der Waals surface area contributed by atoms with Crippen LogP contribution in [-0.2, 0) is 9.53 Å². The van der Waals surface area contributed by atoms with Gasteiger partial charge in [-0.05, 0) is 49.2 Å². The van der Waals surface area contributed by atoms with E-state index in [0.29, 0.717) is 12.1 Å². The Morgan fingerprint density at radius 3 is 2.47 bits per heavy atom. The molecule has 0 radical (unpaired) electrons. The highest BCUT2D eigenvalue weighted by Crippen LogP contribution is 2.36. The molecular formula is C22H23N3O5. The number of non-ortho nitro benzene ring substituents is 1. The van der Waals surface area contributed by atoms with Crippen LogP contribution in [0.5, 0.6) is 5.75 Å². The van der Waals surface area contributed by atoms with Crippen molar-refractivity contribution in [3.63, 3.8) is 0 Å². The SMILES string of the molecule is CCOC(=O)/C=C(/C)N1N=C(c2ccc(OC)cc2)C[C@H]1c1ccc([N+](=O)[O-])cc1. The summed E-state index contributed by atoms with van der Waals surface area (Å²) in [7, 11) is 1.61. The van der Waals surface area contributed by atoms with Gasteiger partial charge in [-0.1, -0.05) is 12.1 Å². The zero-order valence-electron chi connectivity index (χ0n) is 17.1. The Labute approximate surface area is 174 Å². The Morgan fingerprint density at radius 1 is 1.23 bits per heavy atom. The Balaban J connectivity index is 1.95. The number of methoxy groups -OCH3 is 1. The number of nitro groups is 1. The molecular weight excluding hydrogens is 386 g/mol. The summed E-state index contributed by atoms with van der Waals surface area (Å²) in [6, 6.07) is 13.8. The number of ether oxygens (including phenoxy) is 2. The summed E-state index contributed by atoms with van der Waals surface area (Å²) in [5.74, 6) is 0.310. The summed E-state index contributed by atoms with van der Waals surface area (Å²) < 4.78 is 10.2. The van der Waals surface area contributed by atoms with Crippen molar-refractivity contribution in [1.82, 2.24) is 5.01 Å². The van der Waals surface area contributed by atoms with Crippen LogP contribution < -0.4 is 4.74 Å². The fraction of sp³-hybridized carbons (Fsp3) is 0.273. The largest absolute Gasteiger partial charge is 0.497 e. The number of nitrogens with zero attached hydrogens (tertiary/aromatic N) is 3. The van der Waals surface area contributed by atoms with Crippen molar-refractivity contribution < 1.29 is 19.2 Å². The van der Waals surface area contributed by atoms with Crippen LogP contribution in [0.1, 0.15) is 37.4 Å². The minimum absolute atomic E-state index is 0.0263. The molecule has 2 aromatic carbocycles. The van der Waals surface area contributed by atoms with Gasteiger partial charge in [0.05, 0.1) is 30.4 Å². The third-order valence-corrected chi connectivity index (χ3v) is 4.80. The lowest BCUT2D eigenvalue weighted by Gasteiger charge is -2.24. The summed E-state index contributed by atoms with van der Waals surface area (Å²) in [6.45, 7) is 3.82. The normalized spacial score (nSPS) is 16.2. The van der Waals surface area contributed by atoms with Crippen molar-refractivity contribution in [2.75, 3.05) is 13.7 Å². The number of carbonyl (C=O) groups excluding carboxylic acids is 1. The molecule has 8 heteroatoms. The molecule has 0 aliphatic carbocycles. The highest BCUT2D eigenvalue weighted by Gasteiger charge is 2.30. The van der Waals surface area contributed by atoms with Gasteiger partial charge >= 0.3 is 5.97 Å². The molecule has 0 bridgehead atoms. The average Bonchev–Trinajstić information content (AvgIpc) is 3.19. The number of benzene rings is 2. The van der Waals surface area contributed by atoms with Gasteiger partial charge in [0.25, 0.3) is 5.69 Å². The second kappa shape index (κ2) is 9.21. The highest BCUT2D eigenvalue weighted by molar-refractivity contribution is 6.02. The monoisotopic (exact) mass is 409 g/mol. The Hall–Kier alpha value is -3.68. The number of carbonyl (C=O) groups is 1. The molecule has 0 fully saturated rings. The van der Waals surface area contributed by atoms with Crippen molar-refractivity contribution >= 4 is 17.4 Å². The lowest BCUT2D eigenvalue weighted by molar-refractivity contribution is -0.384. The van der Waals surface area contributed by atoms with E-state index in [4.69, 9.17) is 14.6 Å². The van der Waals surface area contributed by atoms with Crippen LogP contribution in [0.15, 0.2) is 65.4 Å². The molecule has 1 aliphatic rings. The van der Waals surface area contributed by atoms with Crippen LogP contribution in [0.25, 0.3) is 0 Å². The van der Waals surface area contributed by atoms with Crippen molar-refractivity contribution in [2.45, 2.75) is 26.3 Å². The molecule has 0 saturated carbocycles. The first-order valence-corrected chi connectivity index (χ1v) is 9.53. The lowest BCUT2D eigenvalue weighted by atomic mass is 9.98. The zero-order chi connectivity index (χ0) is 21.7. The van der Waals surface area contributed by atoms with E-state index < -0.39 is 10.9 Å². The van der Waals surface area contributed by atoms with Crippen LogP contribution in [0.3, 0.4) is 0 Å². The summed E-state index contributed by atoms with van der Waals surface area (Å²) in [6.07, 6.45) is 1.99. The van der Waals surface area contributed by atoms with Crippen LogP contribution in [-0.4, -0.2) is 35.3 Å². The van der Waals surface area contributed by atoms with Crippen molar-refractivity contribution in [3.8, 4) is 5.75 Å². The van der Waals surface area contributed by atoms with E-state index >= 15 is 0 Å².